The molecule has 2 heterocycles. The minimum Gasteiger partial charge on any atom is -0.339 e. The van der Waals surface area contributed by atoms with Gasteiger partial charge in [-0.1, -0.05) is 30.3 Å². The number of carbonyl (C=O) groups is 1. The molecule has 4 rings (SSSR count). The van der Waals surface area contributed by atoms with E-state index < -0.39 is 0 Å². The lowest BCUT2D eigenvalue weighted by atomic mass is 10.1. The molecule has 0 saturated carbocycles. The summed E-state index contributed by atoms with van der Waals surface area (Å²) in [5.74, 6) is 0.168. The molecule has 0 N–H and O–H groups in total. The number of piperazine rings is 1. The lowest BCUT2D eigenvalue weighted by Crippen LogP contribution is -2.52. The molecule has 0 unspecified atom stereocenters. The average molecular weight is 293 g/mol. The predicted octanol–water partition coefficient (Wildman–Crippen LogP) is 2.55. The van der Waals surface area contributed by atoms with E-state index in [1.54, 1.807) is 6.92 Å². The third kappa shape index (κ3) is 2.03. The van der Waals surface area contributed by atoms with Crippen molar-refractivity contribution in [2.45, 2.75) is 6.92 Å². The normalized spacial score (nSPS) is 15.7. The molecule has 3 aliphatic rings. The van der Waals surface area contributed by atoms with Gasteiger partial charge in [-0.05, 0) is 22.9 Å². The third-order valence-corrected chi connectivity index (χ3v) is 4.56. The maximum Gasteiger partial charge on any atom is 0.219 e. The molecule has 112 valence electrons. The summed E-state index contributed by atoms with van der Waals surface area (Å²) in [5, 5.41) is 4.90. The first-order valence-corrected chi connectivity index (χ1v) is 7.73. The molecule has 2 aliphatic heterocycles. The number of hydrogen-bond acceptors (Lipinski definition) is 2. The van der Waals surface area contributed by atoms with E-state index in [-0.39, 0.29) is 5.91 Å². The highest BCUT2D eigenvalue weighted by Gasteiger charge is 2.21. The molecule has 0 spiro atoms. The van der Waals surface area contributed by atoms with Gasteiger partial charge in [0.2, 0.25) is 5.91 Å². The number of aromatic nitrogens is 1. The Kier molecular flexibility index (Phi) is 3.03. The van der Waals surface area contributed by atoms with Gasteiger partial charge in [0.05, 0.1) is 18.8 Å². The van der Waals surface area contributed by atoms with E-state index in [4.69, 9.17) is 0 Å². The lowest BCUT2D eigenvalue weighted by Gasteiger charge is -2.37. The largest absolute Gasteiger partial charge is 0.339 e. The zero-order chi connectivity index (χ0) is 15.1. The van der Waals surface area contributed by atoms with Crippen molar-refractivity contribution in [3.05, 3.63) is 48.7 Å². The van der Waals surface area contributed by atoms with Crippen molar-refractivity contribution in [1.29, 1.82) is 0 Å². The first-order valence-electron chi connectivity index (χ1n) is 7.73. The van der Waals surface area contributed by atoms with Crippen LogP contribution in [0.5, 0.6) is 0 Å². The maximum atomic E-state index is 11.5. The van der Waals surface area contributed by atoms with Crippen LogP contribution in [0.2, 0.25) is 0 Å². The number of amides is 1. The Bertz CT molecular complexity index is 799. The quantitative estimate of drug-likeness (QED) is 0.690. The van der Waals surface area contributed by atoms with Crippen molar-refractivity contribution in [2.75, 3.05) is 31.2 Å². The molecule has 4 nitrogen and oxygen atoms in total. The molecule has 1 saturated heterocycles. The van der Waals surface area contributed by atoms with Gasteiger partial charge in [0, 0.05) is 31.8 Å². The minimum atomic E-state index is 0.168. The van der Waals surface area contributed by atoms with Crippen molar-refractivity contribution in [1.82, 2.24) is 9.58 Å². The van der Waals surface area contributed by atoms with Gasteiger partial charge in [-0.25, -0.2) is 0 Å². The van der Waals surface area contributed by atoms with Gasteiger partial charge in [-0.15, -0.1) is 0 Å². The zero-order valence-corrected chi connectivity index (χ0v) is 12.7. The number of fused-ring (bicyclic) bond motifs is 3. The molecule has 4 heteroatoms. The van der Waals surface area contributed by atoms with Crippen LogP contribution in [0.15, 0.2) is 48.7 Å². The second kappa shape index (κ2) is 5.05. The van der Waals surface area contributed by atoms with Gasteiger partial charge in [0.15, 0.2) is 0 Å². The van der Waals surface area contributed by atoms with Crippen molar-refractivity contribution < 1.29 is 4.79 Å². The van der Waals surface area contributed by atoms with E-state index in [1.807, 2.05) is 4.90 Å². The van der Waals surface area contributed by atoms with Crippen LogP contribution in [0.25, 0.3) is 22.0 Å². The number of rotatable bonds is 1. The number of carbonyl (C=O) groups excluding carboxylic acids is 1. The van der Waals surface area contributed by atoms with Gasteiger partial charge in [0.25, 0.3) is 0 Å². The van der Waals surface area contributed by atoms with Gasteiger partial charge < -0.3 is 9.91 Å². The molecule has 1 aromatic carbocycles. The Morgan fingerprint density at radius 1 is 1.00 bits per heavy atom. The zero-order valence-electron chi connectivity index (χ0n) is 12.7. The smallest absolute Gasteiger partial charge is 0.219 e. The van der Waals surface area contributed by atoms with Crippen LogP contribution in [-0.4, -0.2) is 41.7 Å². The molecule has 0 aromatic heterocycles. The van der Waals surface area contributed by atoms with E-state index in [2.05, 4.69) is 58.3 Å². The number of benzene rings is 1. The summed E-state index contributed by atoms with van der Waals surface area (Å²) >= 11 is 0. The van der Waals surface area contributed by atoms with Gasteiger partial charge in [0.1, 0.15) is 0 Å². The van der Waals surface area contributed by atoms with Gasteiger partial charge in [-0.3, -0.25) is 9.47 Å². The van der Waals surface area contributed by atoms with Crippen molar-refractivity contribution in [3.8, 4) is 11.3 Å². The van der Waals surface area contributed by atoms with E-state index in [0.717, 1.165) is 26.2 Å². The summed E-state index contributed by atoms with van der Waals surface area (Å²) in [6, 6.07) is 15.0. The van der Waals surface area contributed by atoms with E-state index in [1.165, 1.54) is 22.0 Å². The number of pyridine rings is 1. The van der Waals surface area contributed by atoms with Crippen LogP contribution in [-0.2, 0) is 4.79 Å². The van der Waals surface area contributed by atoms with Crippen LogP contribution < -0.4 is 5.01 Å². The first kappa shape index (κ1) is 13.2. The van der Waals surface area contributed by atoms with Gasteiger partial charge >= 0.3 is 0 Å². The highest BCUT2D eigenvalue weighted by atomic mass is 16.2. The summed E-state index contributed by atoms with van der Waals surface area (Å²) < 4.78 is 2.24. The Labute approximate surface area is 129 Å². The fourth-order valence-electron chi connectivity index (χ4n) is 3.37. The lowest BCUT2D eigenvalue weighted by molar-refractivity contribution is -0.129. The van der Waals surface area contributed by atoms with Crippen molar-refractivity contribution >= 4 is 16.7 Å². The summed E-state index contributed by atoms with van der Waals surface area (Å²) in [7, 11) is 0. The predicted molar refractivity (Wildman–Crippen MR) is 88.8 cm³/mol. The van der Waals surface area contributed by atoms with Crippen molar-refractivity contribution in [2.24, 2.45) is 0 Å². The molecule has 1 aliphatic carbocycles. The van der Waals surface area contributed by atoms with Crippen LogP contribution in [0.3, 0.4) is 0 Å². The SMILES string of the molecule is CC(=O)N1CCN(n2cccc3c4ccccc4cc2-3)CC1. The third-order valence-electron chi connectivity index (χ3n) is 4.56. The minimum absolute atomic E-state index is 0.168. The van der Waals surface area contributed by atoms with Crippen LogP contribution >= 0.6 is 0 Å². The molecule has 22 heavy (non-hydrogen) atoms. The Morgan fingerprint density at radius 3 is 2.55 bits per heavy atom. The van der Waals surface area contributed by atoms with Crippen LogP contribution in [0.4, 0.5) is 0 Å². The summed E-state index contributed by atoms with van der Waals surface area (Å²) in [6.07, 6.45) is 2.12. The molecule has 0 bridgehead atoms. The molecular formula is C18H19N3O. The van der Waals surface area contributed by atoms with Crippen LogP contribution in [0.1, 0.15) is 6.92 Å². The topological polar surface area (TPSA) is 28.5 Å². The molecular weight excluding hydrogens is 274 g/mol. The second-order valence-electron chi connectivity index (χ2n) is 5.84. The fraction of sp³-hybridized carbons (Fsp3) is 0.278. The fourth-order valence-corrected chi connectivity index (χ4v) is 3.37. The Hall–Kier alpha value is -2.49. The van der Waals surface area contributed by atoms with E-state index in [0.29, 0.717) is 0 Å². The highest BCUT2D eigenvalue weighted by molar-refractivity contribution is 6.01. The highest BCUT2D eigenvalue weighted by Crippen LogP contribution is 2.33. The van der Waals surface area contributed by atoms with Crippen LogP contribution in [0, 0.1) is 0 Å². The molecule has 1 amide bonds. The molecule has 0 radical (unpaired) electrons. The molecule has 1 aromatic rings. The van der Waals surface area contributed by atoms with Crippen molar-refractivity contribution in [3.63, 3.8) is 0 Å². The van der Waals surface area contributed by atoms with E-state index in [9.17, 15) is 4.79 Å². The standard InChI is InChI=1S/C18H19N3O/c1-14(22)19-9-11-20(12-10-19)21-8-4-7-17-16-6-3-2-5-15(16)13-18(17)21/h2-8,13H,9-12H2,1H3. The Balaban J connectivity index is 1.71. The van der Waals surface area contributed by atoms with Gasteiger partial charge in [-0.2, -0.15) is 0 Å². The molecule has 0 atom stereocenters. The summed E-state index contributed by atoms with van der Waals surface area (Å²) in [4.78, 5) is 13.4. The maximum absolute atomic E-state index is 11.5. The average Bonchev–Trinajstić information content (AvgIpc) is 2.93. The summed E-state index contributed by atoms with van der Waals surface area (Å²) in [6.45, 7) is 4.96. The molecule has 1 fully saturated rings. The number of hydrogen-bond donors (Lipinski definition) is 0. The summed E-state index contributed by atoms with van der Waals surface area (Å²) in [5.41, 5.74) is 2.52. The van der Waals surface area contributed by atoms with E-state index >= 15 is 0 Å². The second-order valence-corrected chi connectivity index (χ2v) is 5.84. The first-order chi connectivity index (χ1) is 10.7. The number of nitrogens with zero attached hydrogens (tertiary/aromatic N) is 3. The monoisotopic (exact) mass is 293 g/mol. The Morgan fingerprint density at radius 2 is 1.77 bits per heavy atom.